The van der Waals surface area contributed by atoms with Crippen LogP contribution in [0.4, 0.5) is 4.39 Å². The summed E-state index contributed by atoms with van der Waals surface area (Å²) in [5.74, 6) is 0.0392. The summed E-state index contributed by atoms with van der Waals surface area (Å²) in [5.41, 5.74) is 0.997. The molecule has 1 amide bonds. The van der Waals surface area contributed by atoms with Crippen LogP contribution in [0.2, 0.25) is 0 Å². The Kier molecular flexibility index (Phi) is 6.97. The molecule has 0 saturated carbocycles. The lowest BCUT2D eigenvalue weighted by atomic mass is 10.1. The number of ether oxygens (including phenoxy) is 2. The standard InChI is InChI=1S/C20H18BrFN2O3/c1-24(2)20(25)15(11-23)8-13-9-16(21)19(18(10-13)26-3)27-12-14-6-4-5-7-17(14)22/h4-10H,12H2,1-3H3/b15-8-. The fraction of sp³-hybridized carbons (Fsp3) is 0.200. The Hall–Kier alpha value is -2.85. The number of hydrogen-bond acceptors (Lipinski definition) is 4. The van der Waals surface area contributed by atoms with Gasteiger partial charge in [-0.2, -0.15) is 5.26 Å². The van der Waals surface area contributed by atoms with Crippen LogP contribution >= 0.6 is 15.9 Å². The number of methoxy groups -OCH3 is 1. The molecule has 7 heteroatoms. The summed E-state index contributed by atoms with van der Waals surface area (Å²) in [4.78, 5) is 13.3. The van der Waals surface area contributed by atoms with E-state index in [0.29, 0.717) is 27.1 Å². The lowest BCUT2D eigenvalue weighted by Crippen LogP contribution is -2.22. The van der Waals surface area contributed by atoms with Crippen LogP contribution in [-0.4, -0.2) is 32.0 Å². The summed E-state index contributed by atoms with van der Waals surface area (Å²) >= 11 is 3.40. The van der Waals surface area contributed by atoms with Crippen molar-refractivity contribution in [1.29, 1.82) is 5.26 Å². The van der Waals surface area contributed by atoms with E-state index in [4.69, 9.17) is 9.47 Å². The van der Waals surface area contributed by atoms with Gasteiger partial charge in [-0.1, -0.05) is 18.2 Å². The first-order valence-electron chi connectivity index (χ1n) is 7.94. The number of carbonyl (C=O) groups excluding carboxylic acids is 1. The Balaban J connectivity index is 2.33. The van der Waals surface area contributed by atoms with Crippen molar-refractivity contribution >= 4 is 27.9 Å². The summed E-state index contributed by atoms with van der Waals surface area (Å²) in [7, 11) is 4.62. The summed E-state index contributed by atoms with van der Waals surface area (Å²) < 4.78 is 25.4. The Morgan fingerprint density at radius 1 is 1.33 bits per heavy atom. The smallest absolute Gasteiger partial charge is 0.264 e. The molecule has 0 aromatic heterocycles. The van der Waals surface area contributed by atoms with E-state index in [1.165, 1.54) is 24.2 Å². The molecule has 0 fully saturated rings. The molecule has 0 atom stereocenters. The molecule has 140 valence electrons. The fourth-order valence-corrected chi connectivity index (χ4v) is 2.85. The van der Waals surface area contributed by atoms with E-state index in [-0.39, 0.29) is 18.0 Å². The lowest BCUT2D eigenvalue weighted by Gasteiger charge is -2.14. The number of amides is 1. The maximum Gasteiger partial charge on any atom is 0.264 e. The monoisotopic (exact) mass is 432 g/mol. The van der Waals surface area contributed by atoms with Gasteiger partial charge in [-0.25, -0.2) is 4.39 Å². The number of rotatable bonds is 6. The maximum absolute atomic E-state index is 13.8. The SMILES string of the molecule is COc1cc(/C=C(/C#N)C(=O)N(C)C)cc(Br)c1OCc1ccccc1F. The predicted octanol–water partition coefficient (Wildman–Crippen LogP) is 4.17. The van der Waals surface area contributed by atoms with Crippen molar-refractivity contribution < 1.29 is 18.7 Å². The van der Waals surface area contributed by atoms with E-state index in [1.54, 1.807) is 44.4 Å². The quantitative estimate of drug-likeness (QED) is 0.507. The lowest BCUT2D eigenvalue weighted by molar-refractivity contribution is -0.124. The highest BCUT2D eigenvalue weighted by Crippen LogP contribution is 2.38. The normalized spacial score (nSPS) is 10.9. The van der Waals surface area contributed by atoms with Gasteiger partial charge < -0.3 is 14.4 Å². The van der Waals surface area contributed by atoms with Crippen LogP contribution in [0.1, 0.15) is 11.1 Å². The molecule has 0 saturated heterocycles. The fourth-order valence-electron chi connectivity index (χ4n) is 2.28. The number of hydrogen-bond donors (Lipinski definition) is 0. The van der Waals surface area contributed by atoms with Gasteiger partial charge >= 0.3 is 0 Å². The highest BCUT2D eigenvalue weighted by Gasteiger charge is 2.15. The first-order chi connectivity index (χ1) is 12.9. The molecule has 2 rings (SSSR count). The largest absolute Gasteiger partial charge is 0.493 e. The van der Waals surface area contributed by atoms with Crippen LogP contribution in [0, 0.1) is 17.1 Å². The van der Waals surface area contributed by atoms with Crippen molar-refractivity contribution in [3.05, 3.63) is 63.4 Å². The van der Waals surface area contributed by atoms with Gasteiger partial charge in [0.05, 0.1) is 11.6 Å². The van der Waals surface area contributed by atoms with Gasteiger partial charge in [0, 0.05) is 19.7 Å². The van der Waals surface area contributed by atoms with Gasteiger partial charge in [0.1, 0.15) is 24.1 Å². The average molecular weight is 433 g/mol. The Bertz CT molecular complexity index is 920. The van der Waals surface area contributed by atoms with Crippen molar-refractivity contribution in [3.63, 3.8) is 0 Å². The predicted molar refractivity (Wildman–Crippen MR) is 104 cm³/mol. The molecule has 0 N–H and O–H groups in total. The number of nitrogens with zero attached hydrogens (tertiary/aromatic N) is 2. The molecule has 0 heterocycles. The highest BCUT2D eigenvalue weighted by molar-refractivity contribution is 9.10. The zero-order valence-corrected chi connectivity index (χ0v) is 16.7. The molecule has 0 radical (unpaired) electrons. The molecule has 0 aliphatic rings. The second-order valence-corrected chi connectivity index (χ2v) is 6.64. The highest BCUT2D eigenvalue weighted by atomic mass is 79.9. The Morgan fingerprint density at radius 2 is 2.04 bits per heavy atom. The van der Waals surface area contributed by atoms with E-state index in [1.807, 2.05) is 6.07 Å². The molecule has 2 aromatic carbocycles. The molecule has 0 aliphatic carbocycles. The first kappa shape index (κ1) is 20.5. The second kappa shape index (κ2) is 9.19. The number of halogens is 2. The van der Waals surface area contributed by atoms with Gasteiger partial charge in [-0.05, 0) is 45.8 Å². The topological polar surface area (TPSA) is 62.6 Å². The van der Waals surface area contributed by atoms with Crippen molar-refractivity contribution in [1.82, 2.24) is 4.90 Å². The van der Waals surface area contributed by atoms with E-state index >= 15 is 0 Å². The molecule has 5 nitrogen and oxygen atoms in total. The average Bonchev–Trinajstić information content (AvgIpc) is 2.65. The Morgan fingerprint density at radius 3 is 2.63 bits per heavy atom. The van der Waals surface area contributed by atoms with Crippen LogP contribution < -0.4 is 9.47 Å². The first-order valence-corrected chi connectivity index (χ1v) is 8.73. The number of likely N-dealkylation sites (N-methyl/N-ethyl adjacent to an activating group) is 1. The molecule has 0 bridgehead atoms. The molecule has 0 spiro atoms. The third kappa shape index (κ3) is 5.08. The van der Waals surface area contributed by atoms with E-state index in [0.717, 1.165) is 0 Å². The number of carbonyl (C=O) groups is 1. The summed E-state index contributed by atoms with van der Waals surface area (Å²) in [6.45, 7) is 0.0272. The van der Waals surface area contributed by atoms with Gasteiger partial charge in [0.15, 0.2) is 11.5 Å². The van der Waals surface area contributed by atoms with E-state index < -0.39 is 5.91 Å². The summed E-state index contributed by atoms with van der Waals surface area (Å²) in [6, 6.07) is 11.6. The minimum absolute atomic E-state index is 0.00558. The van der Waals surface area contributed by atoms with Crippen LogP contribution in [0.5, 0.6) is 11.5 Å². The van der Waals surface area contributed by atoms with Gasteiger partial charge in [0.25, 0.3) is 5.91 Å². The minimum Gasteiger partial charge on any atom is -0.493 e. The zero-order valence-electron chi connectivity index (χ0n) is 15.1. The van der Waals surface area contributed by atoms with Crippen molar-refractivity contribution in [2.45, 2.75) is 6.61 Å². The van der Waals surface area contributed by atoms with Gasteiger partial charge in [0.2, 0.25) is 0 Å². The van der Waals surface area contributed by atoms with E-state index in [9.17, 15) is 14.4 Å². The number of nitriles is 1. The Labute approximate surface area is 165 Å². The van der Waals surface area contributed by atoms with Crippen LogP contribution in [0.3, 0.4) is 0 Å². The molecular formula is C20H18BrFN2O3. The number of benzene rings is 2. The summed E-state index contributed by atoms with van der Waals surface area (Å²) in [5, 5.41) is 9.22. The van der Waals surface area contributed by atoms with E-state index in [2.05, 4.69) is 15.9 Å². The molecule has 0 aliphatic heterocycles. The van der Waals surface area contributed by atoms with Crippen LogP contribution in [-0.2, 0) is 11.4 Å². The molecule has 2 aromatic rings. The molecular weight excluding hydrogens is 415 g/mol. The van der Waals surface area contributed by atoms with Crippen molar-refractivity contribution in [3.8, 4) is 17.6 Å². The van der Waals surface area contributed by atoms with Crippen molar-refractivity contribution in [2.75, 3.05) is 21.2 Å². The summed E-state index contributed by atoms with van der Waals surface area (Å²) in [6.07, 6.45) is 1.47. The third-order valence-corrected chi connectivity index (χ3v) is 4.24. The minimum atomic E-state index is -0.396. The second-order valence-electron chi connectivity index (χ2n) is 5.78. The van der Waals surface area contributed by atoms with Crippen LogP contribution in [0.25, 0.3) is 6.08 Å². The maximum atomic E-state index is 13.8. The van der Waals surface area contributed by atoms with Gasteiger partial charge in [-0.3, -0.25) is 4.79 Å². The third-order valence-electron chi connectivity index (χ3n) is 3.65. The van der Waals surface area contributed by atoms with Crippen molar-refractivity contribution in [2.24, 2.45) is 0 Å². The zero-order chi connectivity index (χ0) is 20.0. The van der Waals surface area contributed by atoms with Gasteiger partial charge in [-0.15, -0.1) is 0 Å². The molecule has 0 unspecified atom stereocenters. The molecule has 27 heavy (non-hydrogen) atoms. The van der Waals surface area contributed by atoms with Crippen LogP contribution in [0.15, 0.2) is 46.4 Å².